The van der Waals surface area contributed by atoms with Crippen molar-refractivity contribution in [2.45, 2.75) is 4.90 Å². The molecule has 0 bridgehead atoms. The molecule has 0 amide bonds. The molecule has 0 saturated heterocycles. The van der Waals surface area contributed by atoms with Gasteiger partial charge in [-0.2, -0.15) is 0 Å². The van der Waals surface area contributed by atoms with Crippen LogP contribution in [0.15, 0.2) is 16.3 Å². The summed E-state index contributed by atoms with van der Waals surface area (Å²) in [7, 11) is -2.97. The van der Waals surface area contributed by atoms with Gasteiger partial charge in [-0.1, -0.05) is 0 Å². The Hall–Kier alpha value is 0.247. The molecule has 0 unspecified atom stereocenters. The van der Waals surface area contributed by atoms with Crippen molar-refractivity contribution in [1.82, 2.24) is 0 Å². The first-order valence-electron chi connectivity index (χ1n) is 2.75. The number of hydrogen-bond acceptors (Lipinski definition) is 3. The van der Waals surface area contributed by atoms with Crippen LogP contribution in [0.5, 0.6) is 0 Å². The Morgan fingerprint density at radius 1 is 1.60 bits per heavy atom. The molecule has 0 saturated carbocycles. The first-order chi connectivity index (χ1) is 4.50. The van der Waals surface area contributed by atoms with E-state index in [1.165, 1.54) is 17.6 Å². The molecule has 0 spiro atoms. The zero-order valence-corrected chi connectivity index (χ0v) is 7.42. The standard InChI is InChI=1S/C5H5O2S2.Li/c1-9(6,7)5-2-3-8-4-5;/h2,4H,1H3;. The van der Waals surface area contributed by atoms with Gasteiger partial charge in [-0.25, -0.2) is 0 Å². The van der Waals surface area contributed by atoms with E-state index in [-0.39, 0.29) is 0 Å². The molecule has 0 aromatic carbocycles. The average molecular weight is 168 g/mol. The zero-order valence-electron chi connectivity index (χ0n) is 5.79. The second-order valence-electron chi connectivity index (χ2n) is 2.17. The summed E-state index contributed by atoms with van der Waals surface area (Å²) in [6, 6.07) is 1.68. The maximum atomic E-state index is 10.9. The van der Waals surface area contributed by atoms with Crippen LogP contribution in [0.2, 0.25) is 0 Å². The minimum atomic E-state index is -2.97. The molecular formula is C5H5LiO2S2. The molecule has 0 fully saturated rings. The Morgan fingerprint density at radius 3 is 2.40 bits per heavy atom. The summed E-state index contributed by atoms with van der Waals surface area (Å²) in [5.41, 5.74) is 0. The van der Waals surface area contributed by atoms with Gasteiger partial charge in [0.1, 0.15) is 0 Å². The fraction of sp³-hybridized carbons (Fsp3) is 0.200. The topological polar surface area (TPSA) is 34.1 Å². The average Bonchev–Trinajstić information content (AvgIpc) is 2.11. The third-order valence-electron chi connectivity index (χ3n) is 1.13. The molecule has 1 aromatic heterocycles. The normalized spacial score (nSPS) is 11.9. The van der Waals surface area contributed by atoms with Crippen molar-refractivity contribution < 1.29 is 8.42 Å². The van der Waals surface area contributed by atoms with Crippen LogP contribution < -0.4 is 3.55 Å². The van der Waals surface area contributed by atoms with Crippen molar-refractivity contribution in [2.24, 2.45) is 0 Å². The fourth-order valence-corrected chi connectivity index (χ4v) is 2.49. The third kappa shape index (κ3) is 1.86. The van der Waals surface area contributed by atoms with Crippen molar-refractivity contribution in [2.75, 3.05) is 6.26 Å². The Labute approximate surface area is 73.4 Å². The second-order valence-corrected chi connectivity index (χ2v) is 5.30. The van der Waals surface area contributed by atoms with Gasteiger partial charge in [0, 0.05) is 0 Å². The monoisotopic (exact) mass is 168 g/mol. The number of rotatable bonds is 1. The van der Waals surface area contributed by atoms with Crippen molar-refractivity contribution in [3.63, 3.8) is 0 Å². The Bertz CT molecular complexity index is 325. The van der Waals surface area contributed by atoms with Gasteiger partial charge in [0.15, 0.2) is 0 Å². The third-order valence-corrected chi connectivity index (χ3v) is 3.24. The summed E-state index contributed by atoms with van der Waals surface area (Å²) in [5, 5.41) is 1.66. The first kappa shape index (κ1) is 8.34. The molecule has 0 aliphatic rings. The van der Waals surface area contributed by atoms with Gasteiger partial charge < -0.3 is 0 Å². The summed E-state index contributed by atoms with van der Waals surface area (Å²) in [4.78, 5) is 0.426. The van der Waals surface area contributed by atoms with E-state index in [4.69, 9.17) is 0 Å². The van der Waals surface area contributed by atoms with Crippen LogP contribution in [-0.4, -0.2) is 32.4 Å². The maximum absolute atomic E-state index is 10.9. The van der Waals surface area contributed by atoms with E-state index >= 15 is 0 Å². The Morgan fingerprint density at radius 2 is 2.20 bits per heavy atom. The Balaban J connectivity index is 3.21. The van der Waals surface area contributed by atoms with Crippen LogP contribution in [-0.2, 0) is 9.84 Å². The molecule has 1 aromatic rings. The van der Waals surface area contributed by atoms with Crippen molar-refractivity contribution in [3.8, 4) is 0 Å². The minimum absolute atomic E-state index is 0.426. The van der Waals surface area contributed by atoms with Gasteiger partial charge in [-0.3, -0.25) is 0 Å². The van der Waals surface area contributed by atoms with Crippen LogP contribution in [0.25, 0.3) is 0 Å². The quantitative estimate of drug-likeness (QED) is 0.551. The summed E-state index contributed by atoms with van der Waals surface area (Å²) in [6.07, 6.45) is 1.22. The predicted octanol–water partition coefficient (Wildman–Crippen LogP) is -0.0546. The molecule has 1 heterocycles. The number of thiophene rings is 1. The van der Waals surface area contributed by atoms with Gasteiger partial charge in [0.25, 0.3) is 0 Å². The van der Waals surface area contributed by atoms with Gasteiger partial charge in [0.05, 0.1) is 0 Å². The fourth-order valence-electron chi connectivity index (χ4n) is 0.614. The summed E-state index contributed by atoms with van der Waals surface area (Å²) in [6.45, 7) is 0. The van der Waals surface area contributed by atoms with Crippen LogP contribution in [0.4, 0.5) is 0 Å². The molecule has 0 aliphatic carbocycles. The molecule has 50 valence electrons. The van der Waals surface area contributed by atoms with Gasteiger partial charge >= 0.3 is 73.5 Å². The SMILES string of the molecule is [Li][c]1cc(S(C)(=O)=O)cs1. The van der Waals surface area contributed by atoms with E-state index in [2.05, 4.69) is 0 Å². The van der Waals surface area contributed by atoms with E-state index in [1.807, 2.05) is 17.7 Å². The summed E-state index contributed by atoms with van der Waals surface area (Å²) < 4.78 is 22.7. The second kappa shape index (κ2) is 2.71. The molecule has 0 radical (unpaired) electrons. The van der Waals surface area contributed by atoms with E-state index in [1.54, 1.807) is 11.4 Å². The van der Waals surface area contributed by atoms with Gasteiger partial charge in [0.2, 0.25) is 0 Å². The van der Waals surface area contributed by atoms with Gasteiger partial charge in [-0.15, -0.1) is 0 Å². The number of hydrogen-bond donors (Lipinski definition) is 0. The molecule has 2 nitrogen and oxygen atoms in total. The first-order valence-corrected chi connectivity index (χ1v) is 5.52. The summed E-state index contributed by atoms with van der Waals surface area (Å²) in [5.74, 6) is 0. The van der Waals surface area contributed by atoms with E-state index in [0.29, 0.717) is 4.90 Å². The van der Waals surface area contributed by atoms with Crippen LogP contribution in [0, 0.1) is 0 Å². The molecule has 0 N–H and O–H groups in total. The molecule has 0 aliphatic heterocycles. The van der Waals surface area contributed by atoms with E-state index in [0.717, 1.165) is 3.55 Å². The van der Waals surface area contributed by atoms with Crippen LogP contribution in [0.3, 0.4) is 0 Å². The molecular weight excluding hydrogens is 163 g/mol. The van der Waals surface area contributed by atoms with Crippen LogP contribution >= 0.6 is 11.3 Å². The van der Waals surface area contributed by atoms with Crippen LogP contribution in [0.1, 0.15) is 0 Å². The Kier molecular flexibility index (Phi) is 2.26. The molecule has 5 heteroatoms. The van der Waals surface area contributed by atoms with Crippen molar-refractivity contribution >= 4 is 42.4 Å². The zero-order chi connectivity index (χ0) is 7.78. The molecule has 10 heavy (non-hydrogen) atoms. The van der Waals surface area contributed by atoms with Gasteiger partial charge in [-0.05, 0) is 0 Å². The molecule has 1 rings (SSSR count). The number of sulfone groups is 1. The predicted molar refractivity (Wildman–Crippen MR) is 42.8 cm³/mol. The summed E-state index contributed by atoms with van der Waals surface area (Å²) >= 11 is 3.34. The molecule has 0 atom stereocenters. The van der Waals surface area contributed by atoms with Crippen molar-refractivity contribution in [3.05, 3.63) is 11.4 Å². The van der Waals surface area contributed by atoms with E-state index in [9.17, 15) is 8.42 Å². The van der Waals surface area contributed by atoms with E-state index < -0.39 is 9.84 Å². The van der Waals surface area contributed by atoms with Crippen molar-refractivity contribution in [1.29, 1.82) is 0 Å².